The molecule has 2 rings (SSSR count). The topological polar surface area (TPSA) is 32.3 Å². The van der Waals surface area contributed by atoms with Crippen LogP contribution in [0.4, 0.5) is 4.39 Å². The van der Waals surface area contributed by atoms with Gasteiger partial charge in [0.1, 0.15) is 5.82 Å². The molecule has 0 radical (unpaired) electrons. The molecule has 106 valence electrons. The smallest absolute Gasteiger partial charge is 0.123 e. The molecule has 3 heteroatoms. The second-order valence-corrected chi connectivity index (χ2v) is 5.89. The summed E-state index contributed by atoms with van der Waals surface area (Å²) in [6.07, 6.45) is 5.89. The Morgan fingerprint density at radius 1 is 1.26 bits per heavy atom. The van der Waals surface area contributed by atoms with Crippen molar-refractivity contribution in [3.63, 3.8) is 0 Å². The fraction of sp³-hybridized carbons (Fsp3) is 0.625. The molecule has 0 saturated heterocycles. The number of benzene rings is 1. The van der Waals surface area contributed by atoms with Gasteiger partial charge in [0.25, 0.3) is 0 Å². The van der Waals surface area contributed by atoms with Crippen molar-refractivity contribution >= 4 is 0 Å². The number of aliphatic hydroxyl groups excluding tert-OH is 1. The standard InChI is InChI=1S/C16H24FNO/c1-13-5-6-15(17)9-14(13)10-18-11-16(12-19)7-3-2-4-8-16/h5-6,9,18-19H,2-4,7-8,10-12H2,1H3. The first kappa shape index (κ1) is 14.5. The number of hydrogen-bond acceptors (Lipinski definition) is 2. The Labute approximate surface area is 115 Å². The van der Waals surface area contributed by atoms with E-state index in [1.165, 1.54) is 25.3 Å². The molecule has 1 aromatic rings. The quantitative estimate of drug-likeness (QED) is 0.857. The zero-order valence-corrected chi connectivity index (χ0v) is 11.7. The summed E-state index contributed by atoms with van der Waals surface area (Å²) in [5.41, 5.74) is 2.15. The second-order valence-electron chi connectivity index (χ2n) is 5.89. The molecule has 0 spiro atoms. The second kappa shape index (κ2) is 6.49. The van der Waals surface area contributed by atoms with Crippen LogP contribution in [0.3, 0.4) is 0 Å². The number of nitrogens with one attached hydrogen (secondary N) is 1. The zero-order valence-electron chi connectivity index (χ0n) is 11.7. The van der Waals surface area contributed by atoms with Gasteiger partial charge in [0.15, 0.2) is 0 Å². The molecule has 1 aliphatic carbocycles. The van der Waals surface area contributed by atoms with Crippen LogP contribution < -0.4 is 5.32 Å². The van der Waals surface area contributed by atoms with Gasteiger partial charge in [-0.2, -0.15) is 0 Å². The van der Waals surface area contributed by atoms with Crippen LogP contribution in [0.5, 0.6) is 0 Å². The lowest BCUT2D eigenvalue weighted by Gasteiger charge is -2.35. The number of halogens is 1. The van der Waals surface area contributed by atoms with Gasteiger partial charge >= 0.3 is 0 Å². The van der Waals surface area contributed by atoms with Crippen LogP contribution in [-0.4, -0.2) is 18.3 Å². The molecule has 0 aliphatic heterocycles. The molecule has 2 nitrogen and oxygen atoms in total. The van der Waals surface area contributed by atoms with Crippen molar-refractivity contribution < 1.29 is 9.50 Å². The Kier molecular flexibility index (Phi) is 4.94. The highest BCUT2D eigenvalue weighted by Gasteiger charge is 2.30. The van der Waals surface area contributed by atoms with Crippen molar-refractivity contribution in [3.8, 4) is 0 Å². The fourth-order valence-corrected chi connectivity index (χ4v) is 2.99. The van der Waals surface area contributed by atoms with Crippen LogP contribution in [0.15, 0.2) is 18.2 Å². The van der Waals surface area contributed by atoms with Gasteiger partial charge in [-0.1, -0.05) is 25.3 Å². The molecule has 0 aromatic heterocycles. The average Bonchev–Trinajstić information content (AvgIpc) is 2.44. The Bertz CT molecular complexity index is 413. The highest BCUT2D eigenvalue weighted by Crippen LogP contribution is 2.35. The van der Waals surface area contributed by atoms with Gasteiger partial charge < -0.3 is 10.4 Å². The SMILES string of the molecule is Cc1ccc(F)cc1CNCC1(CO)CCCCC1. The minimum Gasteiger partial charge on any atom is -0.396 e. The third-order valence-corrected chi connectivity index (χ3v) is 4.38. The first-order valence-electron chi connectivity index (χ1n) is 7.22. The summed E-state index contributed by atoms with van der Waals surface area (Å²) in [6, 6.07) is 4.90. The van der Waals surface area contributed by atoms with Crippen molar-refractivity contribution in [2.24, 2.45) is 5.41 Å². The maximum absolute atomic E-state index is 13.2. The Morgan fingerprint density at radius 2 is 2.00 bits per heavy atom. The van der Waals surface area contributed by atoms with E-state index in [2.05, 4.69) is 5.32 Å². The molecule has 0 amide bonds. The van der Waals surface area contributed by atoms with Gasteiger partial charge in [0.2, 0.25) is 0 Å². The molecule has 0 bridgehead atoms. The molecule has 1 fully saturated rings. The van der Waals surface area contributed by atoms with E-state index in [0.717, 1.165) is 30.5 Å². The van der Waals surface area contributed by atoms with Gasteiger partial charge in [-0.05, 0) is 43.0 Å². The minimum atomic E-state index is -0.183. The van der Waals surface area contributed by atoms with Gasteiger partial charge in [-0.3, -0.25) is 0 Å². The summed E-state index contributed by atoms with van der Waals surface area (Å²) >= 11 is 0. The number of aryl methyl sites for hydroxylation is 1. The molecule has 0 unspecified atom stereocenters. The predicted octanol–water partition coefficient (Wildman–Crippen LogP) is 3.17. The largest absolute Gasteiger partial charge is 0.396 e. The maximum Gasteiger partial charge on any atom is 0.123 e. The molecular weight excluding hydrogens is 241 g/mol. The molecule has 1 aromatic carbocycles. The van der Waals surface area contributed by atoms with Crippen molar-refractivity contribution in [3.05, 3.63) is 35.1 Å². The molecular formula is C16H24FNO. The van der Waals surface area contributed by atoms with Crippen molar-refractivity contribution in [2.75, 3.05) is 13.2 Å². The lowest BCUT2D eigenvalue weighted by molar-refractivity contribution is 0.0810. The summed E-state index contributed by atoms with van der Waals surface area (Å²) in [7, 11) is 0. The monoisotopic (exact) mass is 265 g/mol. The van der Waals surface area contributed by atoms with Crippen molar-refractivity contribution in [2.45, 2.75) is 45.6 Å². The highest BCUT2D eigenvalue weighted by molar-refractivity contribution is 5.26. The lowest BCUT2D eigenvalue weighted by Crippen LogP contribution is -2.38. The third-order valence-electron chi connectivity index (χ3n) is 4.38. The molecule has 0 atom stereocenters. The molecule has 1 aliphatic rings. The molecule has 0 heterocycles. The molecule has 19 heavy (non-hydrogen) atoms. The first-order valence-corrected chi connectivity index (χ1v) is 7.22. The Balaban J connectivity index is 1.90. The number of rotatable bonds is 5. The normalized spacial score (nSPS) is 18.5. The molecule has 1 saturated carbocycles. The van der Waals surface area contributed by atoms with E-state index in [4.69, 9.17) is 0 Å². The van der Waals surface area contributed by atoms with E-state index in [1.54, 1.807) is 6.07 Å². The van der Waals surface area contributed by atoms with Crippen LogP contribution >= 0.6 is 0 Å². The highest BCUT2D eigenvalue weighted by atomic mass is 19.1. The summed E-state index contributed by atoms with van der Waals surface area (Å²) < 4.78 is 13.2. The van der Waals surface area contributed by atoms with Crippen LogP contribution in [-0.2, 0) is 6.54 Å². The van der Waals surface area contributed by atoms with Crippen LogP contribution in [0, 0.1) is 18.2 Å². The summed E-state index contributed by atoms with van der Waals surface area (Å²) in [4.78, 5) is 0. The Morgan fingerprint density at radius 3 is 2.68 bits per heavy atom. The minimum absolute atomic E-state index is 0.0412. The Hall–Kier alpha value is -0.930. The van der Waals surface area contributed by atoms with E-state index >= 15 is 0 Å². The van der Waals surface area contributed by atoms with Crippen LogP contribution in [0.25, 0.3) is 0 Å². The van der Waals surface area contributed by atoms with Gasteiger partial charge in [0, 0.05) is 25.1 Å². The van der Waals surface area contributed by atoms with Crippen LogP contribution in [0.1, 0.15) is 43.2 Å². The van der Waals surface area contributed by atoms with Gasteiger partial charge in [-0.15, -0.1) is 0 Å². The van der Waals surface area contributed by atoms with Gasteiger partial charge in [0.05, 0.1) is 0 Å². The summed E-state index contributed by atoms with van der Waals surface area (Å²) in [5.74, 6) is -0.183. The zero-order chi connectivity index (χ0) is 13.7. The fourth-order valence-electron chi connectivity index (χ4n) is 2.99. The van der Waals surface area contributed by atoms with E-state index in [-0.39, 0.29) is 17.8 Å². The summed E-state index contributed by atoms with van der Waals surface area (Å²) in [5, 5.41) is 13.0. The lowest BCUT2D eigenvalue weighted by atomic mass is 9.74. The van der Waals surface area contributed by atoms with E-state index in [9.17, 15) is 9.50 Å². The van der Waals surface area contributed by atoms with E-state index in [0.29, 0.717) is 6.54 Å². The van der Waals surface area contributed by atoms with E-state index < -0.39 is 0 Å². The number of aliphatic hydroxyl groups is 1. The summed E-state index contributed by atoms with van der Waals surface area (Å²) in [6.45, 7) is 3.74. The van der Waals surface area contributed by atoms with Gasteiger partial charge in [-0.25, -0.2) is 4.39 Å². The first-order chi connectivity index (χ1) is 9.15. The van der Waals surface area contributed by atoms with E-state index in [1.807, 2.05) is 13.0 Å². The van der Waals surface area contributed by atoms with Crippen LogP contribution in [0.2, 0.25) is 0 Å². The number of hydrogen-bond donors (Lipinski definition) is 2. The van der Waals surface area contributed by atoms with Crippen molar-refractivity contribution in [1.29, 1.82) is 0 Å². The maximum atomic E-state index is 13.2. The van der Waals surface area contributed by atoms with Crippen molar-refractivity contribution in [1.82, 2.24) is 5.32 Å². The molecule has 2 N–H and O–H groups in total. The third kappa shape index (κ3) is 3.77. The predicted molar refractivity (Wildman–Crippen MR) is 75.4 cm³/mol. The average molecular weight is 265 g/mol.